The smallest absolute Gasteiger partial charge is 0.276 e. The molecule has 0 saturated carbocycles. The number of carbonyl (C=O) groups excluding carboxylic acids is 1. The van der Waals surface area contributed by atoms with E-state index in [1.807, 2.05) is 61.5 Å². The van der Waals surface area contributed by atoms with E-state index in [0.717, 1.165) is 17.0 Å². The molecule has 1 aromatic heterocycles. The molecule has 0 atom stereocenters. The SMILES string of the molecule is Cc1ccccc1OCn1ccc(C(=O)Nc2ccccc2)n1. The highest BCUT2D eigenvalue weighted by atomic mass is 16.5. The normalized spacial score (nSPS) is 10.3. The summed E-state index contributed by atoms with van der Waals surface area (Å²) in [7, 11) is 0. The van der Waals surface area contributed by atoms with Crippen molar-refractivity contribution in [3.8, 4) is 5.75 Å². The average Bonchev–Trinajstić information content (AvgIpc) is 3.04. The molecule has 2 aromatic carbocycles. The Morgan fingerprint density at radius 1 is 1.09 bits per heavy atom. The van der Waals surface area contributed by atoms with E-state index in [2.05, 4.69) is 10.4 Å². The molecule has 1 amide bonds. The minimum atomic E-state index is -0.245. The second-order valence-corrected chi connectivity index (χ2v) is 5.10. The van der Waals surface area contributed by atoms with E-state index in [0.29, 0.717) is 5.69 Å². The van der Waals surface area contributed by atoms with Crippen LogP contribution < -0.4 is 10.1 Å². The number of carbonyl (C=O) groups is 1. The van der Waals surface area contributed by atoms with Crippen molar-refractivity contribution in [3.63, 3.8) is 0 Å². The van der Waals surface area contributed by atoms with Crippen LogP contribution in [-0.2, 0) is 6.73 Å². The first-order valence-electron chi connectivity index (χ1n) is 7.30. The topological polar surface area (TPSA) is 56.1 Å². The number of nitrogens with one attached hydrogen (secondary N) is 1. The summed E-state index contributed by atoms with van der Waals surface area (Å²) in [6.45, 7) is 2.24. The Hall–Kier alpha value is -3.08. The van der Waals surface area contributed by atoms with Gasteiger partial charge >= 0.3 is 0 Å². The molecule has 3 aromatic rings. The number of para-hydroxylation sites is 2. The van der Waals surface area contributed by atoms with Crippen LogP contribution in [0.25, 0.3) is 0 Å². The third-order valence-electron chi connectivity index (χ3n) is 3.35. The van der Waals surface area contributed by atoms with Gasteiger partial charge in [-0.05, 0) is 36.8 Å². The first-order valence-corrected chi connectivity index (χ1v) is 7.30. The van der Waals surface area contributed by atoms with E-state index in [1.165, 1.54) is 0 Å². The average molecular weight is 307 g/mol. The summed E-state index contributed by atoms with van der Waals surface area (Å²) in [6.07, 6.45) is 1.72. The van der Waals surface area contributed by atoms with E-state index in [9.17, 15) is 4.79 Å². The Labute approximate surface area is 134 Å². The molecule has 116 valence electrons. The number of anilines is 1. The molecule has 0 aliphatic heterocycles. The van der Waals surface area contributed by atoms with E-state index < -0.39 is 0 Å². The summed E-state index contributed by atoms with van der Waals surface area (Å²) >= 11 is 0. The van der Waals surface area contributed by atoms with Gasteiger partial charge in [0, 0.05) is 11.9 Å². The maximum absolute atomic E-state index is 12.1. The molecule has 23 heavy (non-hydrogen) atoms. The monoisotopic (exact) mass is 307 g/mol. The van der Waals surface area contributed by atoms with Crippen molar-refractivity contribution < 1.29 is 9.53 Å². The van der Waals surface area contributed by atoms with Gasteiger partial charge in [-0.1, -0.05) is 36.4 Å². The minimum absolute atomic E-state index is 0.245. The molecule has 1 N–H and O–H groups in total. The summed E-state index contributed by atoms with van der Waals surface area (Å²) in [4.78, 5) is 12.1. The summed E-state index contributed by atoms with van der Waals surface area (Å²) in [5, 5.41) is 7.03. The lowest BCUT2D eigenvalue weighted by Crippen LogP contribution is -2.14. The summed E-state index contributed by atoms with van der Waals surface area (Å²) < 4.78 is 7.29. The fraction of sp³-hybridized carbons (Fsp3) is 0.111. The highest BCUT2D eigenvalue weighted by Gasteiger charge is 2.10. The fourth-order valence-electron chi connectivity index (χ4n) is 2.13. The van der Waals surface area contributed by atoms with Gasteiger partial charge in [0.1, 0.15) is 5.75 Å². The van der Waals surface area contributed by atoms with E-state index in [4.69, 9.17) is 4.74 Å². The third-order valence-corrected chi connectivity index (χ3v) is 3.35. The van der Waals surface area contributed by atoms with Crippen molar-refractivity contribution in [2.45, 2.75) is 13.7 Å². The van der Waals surface area contributed by atoms with Gasteiger partial charge < -0.3 is 10.1 Å². The second kappa shape index (κ2) is 6.79. The van der Waals surface area contributed by atoms with Crippen molar-refractivity contribution in [2.24, 2.45) is 0 Å². The van der Waals surface area contributed by atoms with Crippen molar-refractivity contribution in [2.75, 3.05) is 5.32 Å². The zero-order valence-corrected chi connectivity index (χ0v) is 12.8. The van der Waals surface area contributed by atoms with Gasteiger partial charge in [-0.25, -0.2) is 4.68 Å². The fourth-order valence-corrected chi connectivity index (χ4v) is 2.13. The van der Waals surface area contributed by atoms with Crippen molar-refractivity contribution in [1.82, 2.24) is 9.78 Å². The van der Waals surface area contributed by atoms with Gasteiger partial charge in [0.25, 0.3) is 5.91 Å². The number of ether oxygens (including phenoxy) is 1. The molecule has 0 radical (unpaired) electrons. The van der Waals surface area contributed by atoms with Gasteiger partial charge in [-0.2, -0.15) is 5.10 Å². The lowest BCUT2D eigenvalue weighted by molar-refractivity contribution is 0.102. The molecule has 0 bridgehead atoms. The van der Waals surface area contributed by atoms with E-state index in [1.54, 1.807) is 16.9 Å². The summed E-state index contributed by atoms with van der Waals surface area (Å²) in [6, 6.07) is 18.7. The molecule has 0 unspecified atom stereocenters. The van der Waals surface area contributed by atoms with Crippen LogP contribution in [-0.4, -0.2) is 15.7 Å². The highest BCUT2D eigenvalue weighted by Crippen LogP contribution is 2.16. The largest absolute Gasteiger partial charge is 0.471 e. The van der Waals surface area contributed by atoms with Crippen LogP contribution in [0.1, 0.15) is 16.1 Å². The van der Waals surface area contributed by atoms with Gasteiger partial charge in [0.15, 0.2) is 12.4 Å². The summed E-state index contributed by atoms with van der Waals surface area (Å²) in [5.74, 6) is 0.559. The Morgan fingerprint density at radius 3 is 2.61 bits per heavy atom. The van der Waals surface area contributed by atoms with Gasteiger partial charge in [0.05, 0.1) is 0 Å². The van der Waals surface area contributed by atoms with Crippen LogP contribution in [0.5, 0.6) is 5.75 Å². The van der Waals surface area contributed by atoms with Crippen LogP contribution in [0.15, 0.2) is 66.9 Å². The first-order chi connectivity index (χ1) is 11.2. The Bertz CT molecular complexity index is 797. The van der Waals surface area contributed by atoms with Crippen LogP contribution in [0.2, 0.25) is 0 Å². The lowest BCUT2D eigenvalue weighted by atomic mass is 10.2. The molecule has 5 heteroatoms. The van der Waals surface area contributed by atoms with Crippen LogP contribution >= 0.6 is 0 Å². The quantitative estimate of drug-likeness (QED) is 0.785. The molecule has 0 aliphatic rings. The van der Waals surface area contributed by atoms with Crippen molar-refractivity contribution >= 4 is 11.6 Å². The van der Waals surface area contributed by atoms with Crippen LogP contribution in [0.4, 0.5) is 5.69 Å². The number of hydrogen-bond donors (Lipinski definition) is 1. The number of amides is 1. The minimum Gasteiger partial charge on any atom is -0.471 e. The first kappa shape index (κ1) is 14.8. The Kier molecular flexibility index (Phi) is 4.38. The van der Waals surface area contributed by atoms with Gasteiger partial charge in [-0.15, -0.1) is 0 Å². The number of aryl methyl sites for hydroxylation is 1. The molecule has 0 fully saturated rings. The molecular formula is C18H17N3O2. The Balaban J connectivity index is 1.62. The van der Waals surface area contributed by atoms with Crippen LogP contribution in [0, 0.1) is 6.92 Å². The molecule has 0 spiro atoms. The lowest BCUT2D eigenvalue weighted by Gasteiger charge is -2.08. The number of nitrogens with zero attached hydrogens (tertiary/aromatic N) is 2. The number of hydrogen-bond acceptors (Lipinski definition) is 3. The molecule has 3 rings (SSSR count). The molecule has 1 heterocycles. The van der Waals surface area contributed by atoms with E-state index in [-0.39, 0.29) is 12.6 Å². The Morgan fingerprint density at radius 2 is 1.83 bits per heavy atom. The molecular weight excluding hydrogens is 290 g/mol. The number of rotatable bonds is 5. The molecule has 5 nitrogen and oxygen atoms in total. The maximum atomic E-state index is 12.1. The van der Waals surface area contributed by atoms with Crippen molar-refractivity contribution in [3.05, 3.63) is 78.1 Å². The molecule has 0 aliphatic carbocycles. The standard InChI is InChI=1S/C18H17N3O2/c1-14-7-5-6-10-17(14)23-13-21-12-11-16(20-21)18(22)19-15-8-3-2-4-9-15/h2-12H,13H2,1H3,(H,19,22). The van der Waals surface area contributed by atoms with Gasteiger partial charge in [-0.3, -0.25) is 4.79 Å². The summed E-state index contributed by atoms with van der Waals surface area (Å²) in [5.41, 5.74) is 2.15. The maximum Gasteiger partial charge on any atom is 0.276 e. The highest BCUT2D eigenvalue weighted by molar-refractivity contribution is 6.02. The van der Waals surface area contributed by atoms with Crippen LogP contribution in [0.3, 0.4) is 0 Å². The number of aromatic nitrogens is 2. The van der Waals surface area contributed by atoms with Gasteiger partial charge in [0.2, 0.25) is 0 Å². The second-order valence-electron chi connectivity index (χ2n) is 5.10. The molecule has 0 saturated heterocycles. The zero-order chi connectivity index (χ0) is 16.1. The van der Waals surface area contributed by atoms with Crippen molar-refractivity contribution in [1.29, 1.82) is 0 Å². The van der Waals surface area contributed by atoms with E-state index >= 15 is 0 Å². The predicted octanol–water partition coefficient (Wildman–Crippen LogP) is 3.48. The zero-order valence-electron chi connectivity index (χ0n) is 12.8. The predicted molar refractivity (Wildman–Crippen MR) is 88.4 cm³/mol. The third kappa shape index (κ3) is 3.77. The number of benzene rings is 2.